The fraction of sp³-hybridized carbons (Fsp3) is 0.571. The van der Waals surface area contributed by atoms with Crippen LogP contribution in [0.2, 0.25) is 0 Å². The molecule has 11 heavy (non-hydrogen) atoms. The van der Waals surface area contributed by atoms with Crippen LogP contribution in [0.5, 0.6) is 0 Å². The summed E-state index contributed by atoms with van der Waals surface area (Å²) in [6.45, 7) is 3.18. The van der Waals surface area contributed by atoms with Crippen molar-refractivity contribution in [2.45, 2.75) is 20.3 Å². The van der Waals surface area contributed by atoms with Crippen LogP contribution in [0.1, 0.15) is 20.3 Å². The van der Waals surface area contributed by atoms with Gasteiger partial charge in [0.05, 0.1) is 18.1 Å². The smallest absolute Gasteiger partial charge is 0.318 e. The van der Waals surface area contributed by atoms with E-state index in [0.717, 1.165) is 0 Å². The van der Waals surface area contributed by atoms with E-state index in [1.807, 2.05) is 0 Å². The second kappa shape index (κ2) is 2.82. The van der Waals surface area contributed by atoms with Gasteiger partial charge in [-0.05, 0) is 6.92 Å². The van der Waals surface area contributed by atoms with Crippen LogP contribution < -0.4 is 0 Å². The number of ketones is 1. The molecule has 0 aromatic carbocycles. The van der Waals surface area contributed by atoms with Crippen molar-refractivity contribution in [3.63, 3.8) is 0 Å². The second-order valence-electron chi connectivity index (χ2n) is 2.56. The summed E-state index contributed by atoms with van der Waals surface area (Å²) in [5.74, 6) is -0.670. The third-order valence-corrected chi connectivity index (χ3v) is 1.70. The van der Waals surface area contributed by atoms with E-state index in [1.165, 1.54) is 6.92 Å². The summed E-state index contributed by atoms with van der Waals surface area (Å²) in [6, 6.07) is 0. The SMILES string of the molecule is CC(=O)C(C)C1=NOC(=O)C1. The lowest BCUT2D eigenvalue weighted by atomic mass is 10.00. The first-order valence-corrected chi connectivity index (χ1v) is 3.38. The molecule has 1 aliphatic rings. The Bertz CT molecular complexity index is 232. The van der Waals surface area contributed by atoms with Crippen molar-refractivity contribution in [1.29, 1.82) is 0 Å². The van der Waals surface area contributed by atoms with Gasteiger partial charge in [-0.2, -0.15) is 0 Å². The van der Waals surface area contributed by atoms with E-state index in [2.05, 4.69) is 9.99 Å². The molecule has 0 aromatic heterocycles. The highest BCUT2D eigenvalue weighted by Crippen LogP contribution is 2.11. The number of hydrogen-bond acceptors (Lipinski definition) is 4. The molecule has 4 heteroatoms. The Balaban J connectivity index is 2.63. The highest BCUT2D eigenvalue weighted by molar-refractivity contribution is 6.11. The second-order valence-corrected chi connectivity index (χ2v) is 2.56. The molecule has 1 rings (SSSR count). The van der Waals surface area contributed by atoms with E-state index >= 15 is 0 Å². The van der Waals surface area contributed by atoms with E-state index in [1.54, 1.807) is 6.92 Å². The third kappa shape index (κ3) is 1.63. The van der Waals surface area contributed by atoms with Crippen molar-refractivity contribution in [2.75, 3.05) is 0 Å². The van der Waals surface area contributed by atoms with Gasteiger partial charge in [0.25, 0.3) is 0 Å². The van der Waals surface area contributed by atoms with Crippen LogP contribution in [0.4, 0.5) is 0 Å². The van der Waals surface area contributed by atoms with Crippen molar-refractivity contribution in [3.8, 4) is 0 Å². The van der Waals surface area contributed by atoms with Crippen LogP contribution >= 0.6 is 0 Å². The van der Waals surface area contributed by atoms with Crippen molar-refractivity contribution in [1.82, 2.24) is 0 Å². The summed E-state index contributed by atoms with van der Waals surface area (Å²) in [5.41, 5.74) is 0.530. The average molecular weight is 155 g/mol. The average Bonchev–Trinajstić information content (AvgIpc) is 2.34. The summed E-state index contributed by atoms with van der Waals surface area (Å²) >= 11 is 0. The molecular weight excluding hydrogens is 146 g/mol. The zero-order valence-electron chi connectivity index (χ0n) is 6.46. The maximum absolute atomic E-state index is 10.8. The maximum Gasteiger partial charge on any atom is 0.340 e. The molecule has 0 spiro atoms. The quantitative estimate of drug-likeness (QED) is 0.546. The normalized spacial score (nSPS) is 19.1. The van der Waals surface area contributed by atoms with Crippen LogP contribution in [0.25, 0.3) is 0 Å². The predicted octanol–water partition coefficient (Wildman–Crippen LogP) is 0.514. The van der Waals surface area contributed by atoms with E-state index in [4.69, 9.17) is 0 Å². The van der Waals surface area contributed by atoms with E-state index in [-0.39, 0.29) is 24.1 Å². The Labute approximate surface area is 64.2 Å². The van der Waals surface area contributed by atoms with Gasteiger partial charge in [0.2, 0.25) is 0 Å². The van der Waals surface area contributed by atoms with E-state index in [0.29, 0.717) is 5.71 Å². The molecule has 0 saturated carbocycles. The molecular formula is C7H9NO3. The summed E-state index contributed by atoms with van der Waals surface area (Å²) in [6.07, 6.45) is 0.154. The topological polar surface area (TPSA) is 55.7 Å². The number of nitrogens with zero attached hydrogens (tertiary/aromatic N) is 1. The standard InChI is InChI=1S/C7H9NO3/c1-4(5(2)9)6-3-7(10)11-8-6/h4H,3H2,1-2H3. The van der Waals surface area contributed by atoms with Gasteiger partial charge in [-0.15, -0.1) is 0 Å². The molecule has 0 radical (unpaired) electrons. The van der Waals surface area contributed by atoms with Gasteiger partial charge in [0.15, 0.2) is 0 Å². The lowest BCUT2D eigenvalue weighted by Crippen LogP contribution is -2.17. The van der Waals surface area contributed by atoms with Crippen molar-refractivity contribution in [2.24, 2.45) is 11.1 Å². The van der Waals surface area contributed by atoms with Crippen molar-refractivity contribution in [3.05, 3.63) is 0 Å². The number of hydrogen-bond donors (Lipinski definition) is 0. The fourth-order valence-electron chi connectivity index (χ4n) is 0.789. The van der Waals surface area contributed by atoms with Gasteiger partial charge >= 0.3 is 5.97 Å². The Kier molecular flexibility index (Phi) is 2.03. The van der Waals surface area contributed by atoms with Gasteiger partial charge in [0, 0.05) is 0 Å². The van der Waals surface area contributed by atoms with Crippen LogP contribution in [-0.2, 0) is 14.4 Å². The third-order valence-electron chi connectivity index (χ3n) is 1.70. The van der Waals surface area contributed by atoms with Crippen molar-refractivity contribution < 1.29 is 14.4 Å². The summed E-state index contributed by atoms with van der Waals surface area (Å²) in [5, 5.41) is 3.48. The Morgan fingerprint density at radius 1 is 1.73 bits per heavy atom. The maximum atomic E-state index is 10.8. The molecule has 4 nitrogen and oxygen atoms in total. The first kappa shape index (κ1) is 7.91. The van der Waals surface area contributed by atoms with Crippen LogP contribution in [-0.4, -0.2) is 17.5 Å². The molecule has 1 atom stereocenters. The Morgan fingerprint density at radius 3 is 2.73 bits per heavy atom. The Hall–Kier alpha value is -1.19. The van der Waals surface area contributed by atoms with Crippen molar-refractivity contribution >= 4 is 17.5 Å². The monoisotopic (exact) mass is 155 g/mol. The zero-order valence-corrected chi connectivity index (χ0v) is 6.46. The first-order valence-electron chi connectivity index (χ1n) is 3.38. The van der Waals surface area contributed by atoms with Crippen LogP contribution in [0, 0.1) is 5.92 Å². The van der Waals surface area contributed by atoms with Gasteiger partial charge < -0.3 is 4.84 Å². The molecule has 0 aliphatic carbocycles. The number of rotatable bonds is 2. The molecule has 0 aromatic rings. The minimum absolute atomic E-state index is 0.00190. The lowest BCUT2D eigenvalue weighted by Gasteiger charge is -2.01. The lowest BCUT2D eigenvalue weighted by molar-refractivity contribution is -0.140. The fourth-order valence-corrected chi connectivity index (χ4v) is 0.789. The number of oxime groups is 1. The van der Waals surface area contributed by atoms with Gasteiger partial charge in [0.1, 0.15) is 5.78 Å². The first-order chi connectivity index (χ1) is 5.11. The Morgan fingerprint density at radius 2 is 2.36 bits per heavy atom. The number of carbonyl (C=O) groups is 2. The van der Waals surface area contributed by atoms with Crippen LogP contribution in [0.3, 0.4) is 0 Å². The molecule has 1 unspecified atom stereocenters. The molecule has 60 valence electrons. The highest BCUT2D eigenvalue weighted by Gasteiger charge is 2.24. The van der Waals surface area contributed by atoms with Gasteiger partial charge in [-0.1, -0.05) is 12.1 Å². The number of Topliss-reactive ketones (excluding diaryl/α,β-unsaturated/α-hetero) is 1. The van der Waals surface area contributed by atoms with Crippen LogP contribution in [0.15, 0.2) is 5.16 Å². The molecule has 0 bridgehead atoms. The van der Waals surface area contributed by atoms with E-state index in [9.17, 15) is 9.59 Å². The largest absolute Gasteiger partial charge is 0.340 e. The number of carbonyl (C=O) groups excluding carboxylic acids is 2. The molecule has 0 amide bonds. The molecule has 0 saturated heterocycles. The highest BCUT2D eigenvalue weighted by atomic mass is 16.7. The summed E-state index contributed by atoms with van der Waals surface area (Å²) in [4.78, 5) is 25.7. The van der Waals surface area contributed by atoms with Gasteiger partial charge in [-0.3, -0.25) is 4.79 Å². The summed E-state index contributed by atoms with van der Waals surface area (Å²) in [7, 11) is 0. The molecule has 1 aliphatic heterocycles. The minimum Gasteiger partial charge on any atom is -0.318 e. The minimum atomic E-state index is -0.381. The molecule has 0 N–H and O–H groups in total. The molecule has 1 heterocycles. The van der Waals surface area contributed by atoms with Gasteiger partial charge in [-0.25, -0.2) is 4.79 Å². The van der Waals surface area contributed by atoms with E-state index < -0.39 is 0 Å². The molecule has 0 fully saturated rings. The predicted molar refractivity (Wildman–Crippen MR) is 38.0 cm³/mol. The summed E-state index contributed by atoms with van der Waals surface area (Å²) < 4.78 is 0. The zero-order chi connectivity index (χ0) is 8.43.